The summed E-state index contributed by atoms with van der Waals surface area (Å²) in [6.45, 7) is 1.93. The molecule has 4 heteroatoms. The van der Waals surface area contributed by atoms with Gasteiger partial charge in [-0.15, -0.1) is 11.8 Å². The smallest absolute Gasteiger partial charge is 0.251 e. The summed E-state index contributed by atoms with van der Waals surface area (Å²) in [5, 5.41) is 2.90. The van der Waals surface area contributed by atoms with Crippen molar-refractivity contribution >= 4 is 17.7 Å². The van der Waals surface area contributed by atoms with Gasteiger partial charge >= 0.3 is 0 Å². The first-order valence-electron chi connectivity index (χ1n) is 6.30. The Bertz CT molecular complexity index is 580. The molecule has 1 N–H and O–H groups in total. The van der Waals surface area contributed by atoms with E-state index in [1.165, 1.54) is 29.2 Å². The molecule has 2 aromatic carbocycles. The maximum Gasteiger partial charge on any atom is 0.251 e. The fraction of sp³-hybridized carbons (Fsp3) is 0.188. The summed E-state index contributed by atoms with van der Waals surface area (Å²) in [6.07, 6.45) is 2.02. The largest absolute Gasteiger partial charge is 0.346 e. The SMILES string of the molecule is CSc1ccc([C@H](C)NC(=O)c2ccc(F)cc2)cc1. The van der Waals surface area contributed by atoms with Gasteiger partial charge in [-0.3, -0.25) is 4.79 Å². The van der Waals surface area contributed by atoms with Gasteiger partial charge in [-0.05, 0) is 55.1 Å². The van der Waals surface area contributed by atoms with Crippen molar-refractivity contribution in [2.24, 2.45) is 0 Å². The minimum Gasteiger partial charge on any atom is -0.346 e. The molecule has 1 atom stereocenters. The van der Waals surface area contributed by atoms with Crippen molar-refractivity contribution in [2.45, 2.75) is 17.9 Å². The number of carbonyl (C=O) groups is 1. The van der Waals surface area contributed by atoms with Crippen molar-refractivity contribution < 1.29 is 9.18 Å². The van der Waals surface area contributed by atoms with Crippen LogP contribution in [0.3, 0.4) is 0 Å². The Kier molecular flexibility index (Phi) is 4.79. The summed E-state index contributed by atoms with van der Waals surface area (Å²) in [5.41, 5.74) is 1.50. The van der Waals surface area contributed by atoms with E-state index in [1.807, 2.05) is 37.4 Å². The summed E-state index contributed by atoms with van der Waals surface area (Å²) in [7, 11) is 0. The van der Waals surface area contributed by atoms with Crippen LogP contribution in [0.5, 0.6) is 0 Å². The van der Waals surface area contributed by atoms with Crippen LogP contribution < -0.4 is 5.32 Å². The first-order chi connectivity index (χ1) is 9.60. The first-order valence-corrected chi connectivity index (χ1v) is 7.53. The average molecular weight is 289 g/mol. The van der Waals surface area contributed by atoms with Gasteiger partial charge in [0.2, 0.25) is 0 Å². The molecule has 0 aliphatic carbocycles. The Labute approximate surface area is 122 Å². The number of benzene rings is 2. The Balaban J connectivity index is 2.04. The fourth-order valence-corrected chi connectivity index (χ4v) is 2.27. The second kappa shape index (κ2) is 6.57. The van der Waals surface area contributed by atoms with Gasteiger partial charge in [0, 0.05) is 10.5 Å². The maximum atomic E-state index is 12.8. The predicted octanol–water partition coefficient (Wildman–Crippen LogP) is 4.04. The molecular weight excluding hydrogens is 273 g/mol. The van der Waals surface area contributed by atoms with E-state index in [0.717, 1.165) is 5.56 Å². The molecule has 0 spiro atoms. The van der Waals surface area contributed by atoms with Gasteiger partial charge in [-0.2, -0.15) is 0 Å². The Morgan fingerprint density at radius 3 is 2.25 bits per heavy atom. The normalized spacial score (nSPS) is 11.9. The van der Waals surface area contributed by atoms with Gasteiger partial charge < -0.3 is 5.32 Å². The minimum atomic E-state index is -0.345. The molecule has 0 unspecified atom stereocenters. The maximum absolute atomic E-state index is 12.8. The van der Waals surface area contributed by atoms with E-state index in [9.17, 15) is 9.18 Å². The topological polar surface area (TPSA) is 29.1 Å². The molecule has 0 fully saturated rings. The lowest BCUT2D eigenvalue weighted by molar-refractivity contribution is 0.0940. The van der Waals surface area contributed by atoms with Crippen molar-refractivity contribution in [3.63, 3.8) is 0 Å². The summed E-state index contributed by atoms with van der Waals surface area (Å²) in [5.74, 6) is -0.548. The second-order valence-corrected chi connectivity index (χ2v) is 5.35. The summed E-state index contributed by atoms with van der Waals surface area (Å²) >= 11 is 1.68. The monoisotopic (exact) mass is 289 g/mol. The average Bonchev–Trinajstić information content (AvgIpc) is 2.48. The lowest BCUT2D eigenvalue weighted by atomic mass is 10.1. The Morgan fingerprint density at radius 2 is 1.70 bits per heavy atom. The quantitative estimate of drug-likeness (QED) is 0.861. The van der Waals surface area contributed by atoms with E-state index in [0.29, 0.717) is 5.56 Å². The zero-order valence-corrected chi connectivity index (χ0v) is 12.2. The third-order valence-corrected chi connectivity index (χ3v) is 3.81. The van der Waals surface area contributed by atoms with Crippen molar-refractivity contribution in [2.75, 3.05) is 6.26 Å². The van der Waals surface area contributed by atoms with E-state index in [-0.39, 0.29) is 17.8 Å². The molecule has 20 heavy (non-hydrogen) atoms. The number of nitrogens with one attached hydrogen (secondary N) is 1. The lowest BCUT2D eigenvalue weighted by Gasteiger charge is -2.14. The highest BCUT2D eigenvalue weighted by atomic mass is 32.2. The Hall–Kier alpha value is -1.81. The molecule has 0 saturated carbocycles. The summed E-state index contributed by atoms with van der Waals surface area (Å²) in [6, 6.07) is 13.5. The van der Waals surface area contributed by atoms with Crippen molar-refractivity contribution in [1.29, 1.82) is 0 Å². The van der Waals surface area contributed by atoms with E-state index in [4.69, 9.17) is 0 Å². The highest BCUT2D eigenvalue weighted by Gasteiger charge is 2.11. The van der Waals surface area contributed by atoms with Crippen LogP contribution in [0.1, 0.15) is 28.9 Å². The standard InChI is InChI=1S/C16H16FNOS/c1-11(12-5-9-15(20-2)10-6-12)18-16(19)13-3-7-14(17)8-4-13/h3-11H,1-2H3,(H,18,19)/t11-/m0/s1. The predicted molar refractivity (Wildman–Crippen MR) is 80.5 cm³/mol. The number of hydrogen-bond acceptors (Lipinski definition) is 2. The van der Waals surface area contributed by atoms with E-state index >= 15 is 0 Å². The van der Waals surface area contributed by atoms with Crippen LogP contribution in [0.25, 0.3) is 0 Å². The van der Waals surface area contributed by atoms with Crippen molar-refractivity contribution in [1.82, 2.24) is 5.32 Å². The van der Waals surface area contributed by atoms with Crippen LogP contribution in [-0.4, -0.2) is 12.2 Å². The third-order valence-electron chi connectivity index (χ3n) is 3.07. The van der Waals surface area contributed by atoms with Crippen LogP contribution in [0, 0.1) is 5.82 Å². The second-order valence-electron chi connectivity index (χ2n) is 4.48. The van der Waals surface area contributed by atoms with E-state index in [2.05, 4.69) is 5.32 Å². The van der Waals surface area contributed by atoms with Crippen molar-refractivity contribution in [3.8, 4) is 0 Å². The van der Waals surface area contributed by atoms with Gasteiger partial charge in [0.15, 0.2) is 0 Å². The minimum absolute atomic E-state index is 0.0940. The van der Waals surface area contributed by atoms with Gasteiger partial charge in [0.25, 0.3) is 5.91 Å². The van der Waals surface area contributed by atoms with Crippen LogP contribution in [0.4, 0.5) is 4.39 Å². The zero-order chi connectivity index (χ0) is 14.5. The van der Waals surface area contributed by atoms with Crippen LogP contribution >= 0.6 is 11.8 Å². The van der Waals surface area contributed by atoms with Gasteiger partial charge in [-0.25, -0.2) is 4.39 Å². The molecule has 2 nitrogen and oxygen atoms in total. The highest BCUT2D eigenvalue weighted by molar-refractivity contribution is 7.98. The number of rotatable bonds is 4. The molecule has 1 amide bonds. The molecule has 0 radical (unpaired) electrons. The van der Waals surface area contributed by atoms with Gasteiger partial charge in [-0.1, -0.05) is 12.1 Å². The third kappa shape index (κ3) is 3.61. The number of halogens is 1. The molecule has 0 bridgehead atoms. The molecular formula is C16H16FNOS. The van der Waals surface area contributed by atoms with Gasteiger partial charge in [0.05, 0.1) is 6.04 Å². The van der Waals surface area contributed by atoms with E-state index < -0.39 is 0 Å². The molecule has 0 saturated heterocycles. The molecule has 104 valence electrons. The first kappa shape index (κ1) is 14.6. The zero-order valence-electron chi connectivity index (χ0n) is 11.4. The van der Waals surface area contributed by atoms with E-state index in [1.54, 1.807) is 11.8 Å². The lowest BCUT2D eigenvalue weighted by Crippen LogP contribution is -2.26. The molecule has 0 aromatic heterocycles. The number of hydrogen-bond donors (Lipinski definition) is 1. The van der Waals surface area contributed by atoms with Crippen LogP contribution in [-0.2, 0) is 0 Å². The van der Waals surface area contributed by atoms with Crippen LogP contribution in [0.15, 0.2) is 53.4 Å². The molecule has 2 aromatic rings. The fourth-order valence-electron chi connectivity index (χ4n) is 1.86. The van der Waals surface area contributed by atoms with Gasteiger partial charge in [0.1, 0.15) is 5.82 Å². The summed E-state index contributed by atoms with van der Waals surface area (Å²) in [4.78, 5) is 13.2. The van der Waals surface area contributed by atoms with Crippen molar-refractivity contribution in [3.05, 3.63) is 65.5 Å². The van der Waals surface area contributed by atoms with Crippen LogP contribution in [0.2, 0.25) is 0 Å². The molecule has 0 aliphatic heterocycles. The number of amides is 1. The highest BCUT2D eigenvalue weighted by Crippen LogP contribution is 2.19. The molecule has 0 aliphatic rings. The molecule has 0 heterocycles. The Morgan fingerprint density at radius 1 is 1.10 bits per heavy atom. The number of thioether (sulfide) groups is 1. The summed E-state index contributed by atoms with van der Waals surface area (Å²) < 4.78 is 12.8. The molecule has 2 rings (SSSR count). The number of carbonyl (C=O) groups excluding carboxylic acids is 1.